The Balaban J connectivity index is 4.28. The second-order valence-electron chi connectivity index (χ2n) is 2.70. The Morgan fingerprint density at radius 2 is 2.00 bits per heavy atom. The molecule has 0 aromatic heterocycles. The van der Waals surface area contributed by atoms with Gasteiger partial charge in [0.15, 0.2) is 0 Å². The zero-order valence-electron chi connectivity index (χ0n) is 6.06. The van der Waals surface area contributed by atoms with E-state index in [4.69, 9.17) is 5.21 Å². The van der Waals surface area contributed by atoms with Crippen LogP contribution in [0.2, 0.25) is 0 Å². The Bertz CT molecular complexity index is 134. The van der Waals surface area contributed by atoms with E-state index in [1.807, 2.05) is 0 Å². The number of halogens is 2. The normalized spacial score (nSPS) is 13.8. The van der Waals surface area contributed by atoms with Gasteiger partial charge in [-0.15, -0.1) is 0 Å². The highest BCUT2D eigenvalue weighted by Crippen LogP contribution is 2.18. The van der Waals surface area contributed by atoms with E-state index in [0.29, 0.717) is 0 Å². The van der Waals surface area contributed by atoms with E-state index in [9.17, 15) is 8.78 Å². The molecular weight excluding hydrogens is 140 g/mol. The van der Waals surface area contributed by atoms with E-state index >= 15 is 0 Å². The van der Waals surface area contributed by atoms with Gasteiger partial charge < -0.3 is 5.21 Å². The molecule has 0 spiro atoms. The molecule has 0 aromatic rings. The Kier molecular flexibility index (Phi) is 3.25. The zero-order chi connectivity index (χ0) is 8.20. The van der Waals surface area contributed by atoms with Gasteiger partial charge in [-0.25, -0.2) is 4.39 Å². The van der Waals surface area contributed by atoms with Crippen molar-refractivity contribution in [3.8, 4) is 0 Å². The number of rotatable bonds is 3. The summed E-state index contributed by atoms with van der Waals surface area (Å²) in [5, 5.41) is 10.8. The monoisotopic (exact) mass is 151 g/mol. The van der Waals surface area contributed by atoms with Crippen LogP contribution in [0.25, 0.3) is 0 Å². The highest BCUT2D eigenvalue weighted by molar-refractivity contribution is 5.90. The van der Waals surface area contributed by atoms with Crippen molar-refractivity contribution < 1.29 is 14.0 Å². The highest BCUT2D eigenvalue weighted by atomic mass is 19.1. The summed E-state index contributed by atoms with van der Waals surface area (Å²) in [6, 6.07) is 0. The van der Waals surface area contributed by atoms with Crippen molar-refractivity contribution in [2.24, 2.45) is 10.6 Å². The maximum Gasteiger partial charge on any atom is 0.131 e. The quantitative estimate of drug-likeness (QED) is 0.372. The van der Waals surface area contributed by atoms with Crippen molar-refractivity contribution in [3.05, 3.63) is 0 Å². The van der Waals surface area contributed by atoms with Gasteiger partial charge in [-0.2, -0.15) is 0 Å². The lowest BCUT2D eigenvalue weighted by atomic mass is 9.90. The van der Waals surface area contributed by atoms with Crippen molar-refractivity contribution in [1.82, 2.24) is 0 Å². The van der Waals surface area contributed by atoms with Crippen LogP contribution in [0.5, 0.6) is 0 Å². The lowest BCUT2D eigenvalue weighted by Crippen LogP contribution is -2.28. The lowest BCUT2D eigenvalue weighted by Gasteiger charge is -2.18. The van der Waals surface area contributed by atoms with Crippen molar-refractivity contribution in [2.75, 3.05) is 13.3 Å². The lowest BCUT2D eigenvalue weighted by molar-refractivity contribution is 0.284. The predicted molar refractivity (Wildman–Crippen MR) is 35.0 cm³/mol. The molecule has 0 rings (SSSR count). The molecule has 0 saturated carbocycles. The summed E-state index contributed by atoms with van der Waals surface area (Å²) in [5.41, 5.74) is -1.14. The van der Waals surface area contributed by atoms with Gasteiger partial charge >= 0.3 is 0 Å². The number of hydrogen-bond acceptors (Lipinski definition) is 2. The average molecular weight is 151 g/mol. The highest BCUT2D eigenvalue weighted by Gasteiger charge is 2.25. The Morgan fingerprint density at radius 3 is 2.10 bits per heavy atom. The first kappa shape index (κ1) is 9.33. The van der Waals surface area contributed by atoms with E-state index in [1.165, 1.54) is 13.8 Å². The van der Waals surface area contributed by atoms with E-state index in [0.717, 1.165) is 0 Å². The van der Waals surface area contributed by atoms with Gasteiger partial charge in [0.2, 0.25) is 0 Å². The summed E-state index contributed by atoms with van der Waals surface area (Å²) < 4.78 is 23.9. The third kappa shape index (κ3) is 1.93. The minimum absolute atomic E-state index is 0.157. The SMILES string of the molecule is CC(C)(CF)C(CF)=NO. The second kappa shape index (κ2) is 3.49. The Labute approximate surface area is 58.5 Å². The molecule has 4 heteroatoms. The van der Waals surface area contributed by atoms with Gasteiger partial charge in [-0.1, -0.05) is 19.0 Å². The molecule has 1 N–H and O–H groups in total. The summed E-state index contributed by atoms with van der Waals surface area (Å²) in [7, 11) is 0. The molecule has 60 valence electrons. The minimum atomic E-state index is -0.983. The molecule has 0 saturated heterocycles. The summed E-state index contributed by atoms with van der Waals surface area (Å²) in [6.45, 7) is 1.31. The molecule has 0 unspecified atom stereocenters. The number of oxime groups is 1. The maximum absolute atomic E-state index is 12.0. The number of alkyl halides is 2. The third-order valence-electron chi connectivity index (χ3n) is 1.36. The molecule has 0 bridgehead atoms. The van der Waals surface area contributed by atoms with Gasteiger partial charge in [0, 0.05) is 5.41 Å². The molecule has 0 atom stereocenters. The molecule has 0 aliphatic heterocycles. The third-order valence-corrected chi connectivity index (χ3v) is 1.36. The topological polar surface area (TPSA) is 32.6 Å². The summed E-state index contributed by atoms with van der Waals surface area (Å²) in [4.78, 5) is 0. The fourth-order valence-electron chi connectivity index (χ4n) is 0.420. The van der Waals surface area contributed by atoms with Crippen LogP contribution in [0.1, 0.15) is 13.8 Å². The molecule has 0 fully saturated rings. The van der Waals surface area contributed by atoms with Gasteiger partial charge in [0.25, 0.3) is 0 Å². The molecule has 0 aromatic carbocycles. The fraction of sp³-hybridized carbons (Fsp3) is 0.833. The van der Waals surface area contributed by atoms with E-state index in [2.05, 4.69) is 5.16 Å². The average Bonchev–Trinajstić information content (AvgIpc) is 1.90. The maximum atomic E-state index is 12.0. The van der Waals surface area contributed by atoms with Crippen molar-refractivity contribution in [2.45, 2.75) is 13.8 Å². The van der Waals surface area contributed by atoms with Crippen LogP contribution >= 0.6 is 0 Å². The number of hydrogen-bond donors (Lipinski definition) is 1. The Morgan fingerprint density at radius 1 is 1.50 bits per heavy atom. The molecular formula is C6H11F2NO. The smallest absolute Gasteiger partial charge is 0.131 e. The van der Waals surface area contributed by atoms with Crippen LogP contribution in [0.15, 0.2) is 5.16 Å². The van der Waals surface area contributed by atoms with Gasteiger partial charge in [-0.3, -0.25) is 4.39 Å². The van der Waals surface area contributed by atoms with Crippen LogP contribution in [-0.4, -0.2) is 24.3 Å². The van der Waals surface area contributed by atoms with E-state index in [-0.39, 0.29) is 5.71 Å². The van der Waals surface area contributed by atoms with Crippen LogP contribution in [0.3, 0.4) is 0 Å². The van der Waals surface area contributed by atoms with Crippen molar-refractivity contribution >= 4 is 5.71 Å². The van der Waals surface area contributed by atoms with Gasteiger partial charge in [0.1, 0.15) is 6.67 Å². The van der Waals surface area contributed by atoms with E-state index in [1.54, 1.807) is 0 Å². The van der Waals surface area contributed by atoms with Crippen LogP contribution in [0, 0.1) is 5.41 Å². The van der Waals surface area contributed by atoms with Crippen LogP contribution in [-0.2, 0) is 0 Å². The Hall–Kier alpha value is -0.670. The molecule has 0 amide bonds. The van der Waals surface area contributed by atoms with Gasteiger partial charge in [-0.05, 0) is 0 Å². The first-order chi connectivity index (χ1) is 4.58. The minimum Gasteiger partial charge on any atom is -0.411 e. The number of nitrogens with zero attached hydrogens (tertiary/aromatic N) is 1. The summed E-state index contributed by atoms with van der Waals surface area (Å²) in [6.07, 6.45) is 0. The molecule has 2 nitrogen and oxygen atoms in total. The summed E-state index contributed by atoms with van der Waals surface area (Å²) >= 11 is 0. The van der Waals surface area contributed by atoms with Crippen molar-refractivity contribution in [3.63, 3.8) is 0 Å². The van der Waals surface area contributed by atoms with Gasteiger partial charge in [0.05, 0.1) is 12.4 Å². The first-order valence-electron chi connectivity index (χ1n) is 2.92. The largest absolute Gasteiger partial charge is 0.411 e. The van der Waals surface area contributed by atoms with E-state index < -0.39 is 18.8 Å². The summed E-state index contributed by atoms with van der Waals surface area (Å²) in [5.74, 6) is 0. The molecule has 0 aliphatic carbocycles. The molecule has 0 aliphatic rings. The molecule has 0 radical (unpaired) electrons. The molecule has 0 heterocycles. The predicted octanol–water partition coefficient (Wildman–Crippen LogP) is 1.78. The zero-order valence-corrected chi connectivity index (χ0v) is 6.06. The standard InChI is InChI=1S/C6H11F2NO/c1-6(2,4-8)5(3-7)9-10/h10H,3-4H2,1-2H3. The first-order valence-corrected chi connectivity index (χ1v) is 2.92. The molecule has 10 heavy (non-hydrogen) atoms. The fourth-order valence-corrected chi connectivity index (χ4v) is 0.420. The second-order valence-corrected chi connectivity index (χ2v) is 2.70. The van der Waals surface area contributed by atoms with Crippen molar-refractivity contribution in [1.29, 1.82) is 0 Å². The van der Waals surface area contributed by atoms with Crippen LogP contribution < -0.4 is 0 Å². The van der Waals surface area contributed by atoms with Crippen LogP contribution in [0.4, 0.5) is 8.78 Å².